The largest absolute Gasteiger partial charge is 0.496 e. The molecule has 0 N–H and O–H groups in total. The molecule has 0 aromatic heterocycles. The molecule has 2 rings (SSSR count). The Bertz CT molecular complexity index is 892. The molecule has 1 fully saturated rings. The summed E-state index contributed by atoms with van der Waals surface area (Å²) in [6, 6.07) is 6.10. The maximum absolute atomic E-state index is 12.3. The summed E-state index contributed by atoms with van der Waals surface area (Å²) < 4.78 is 29.6. The van der Waals surface area contributed by atoms with E-state index in [2.05, 4.69) is 39.9 Å². The molecule has 1 saturated heterocycles. The van der Waals surface area contributed by atoms with Gasteiger partial charge in [0.15, 0.2) is 14.1 Å². The normalized spacial score (nSPS) is 21.2. The van der Waals surface area contributed by atoms with Gasteiger partial charge in [-0.05, 0) is 70.4 Å². The molecule has 0 amide bonds. The number of carbonyl (C=O) groups excluding carboxylic acids is 1. The molecule has 1 heterocycles. The molecule has 0 bridgehead atoms. The molecule has 35 heavy (non-hydrogen) atoms. The Morgan fingerprint density at radius 2 is 1.80 bits per heavy atom. The van der Waals surface area contributed by atoms with Gasteiger partial charge in [-0.15, -0.1) is 0 Å². The van der Waals surface area contributed by atoms with Crippen LogP contribution >= 0.6 is 0 Å². The van der Waals surface area contributed by atoms with Gasteiger partial charge < -0.3 is 23.4 Å². The minimum atomic E-state index is -1.88. The molecule has 7 heteroatoms. The highest BCUT2D eigenvalue weighted by atomic mass is 28.4. The summed E-state index contributed by atoms with van der Waals surface area (Å²) in [4.78, 5) is 12.3. The molecule has 2 atom stereocenters. The van der Waals surface area contributed by atoms with Crippen LogP contribution < -0.4 is 4.74 Å². The molecule has 198 valence electrons. The van der Waals surface area contributed by atoms with Gasteiger partial charge in [-0.1, -0.05) is 39.0 Å². The summed E-state index contributed by atoms with van der Waals surface area (Å²) in [5.41, 5.74) is 1.55. The van der Waals surface area contributed by atoms with Gasteiger partial charge in [0, 0.05) is 12.0 Å². The SMILES string of the molecule is COc1ccc(/C=C/[C@@H]2C[C@H](CC(=O)OC(C)(C)C)OC(C)(C)O2)cc1CO[Si](C)(C)C(C)(C)C. The summed E-state index contributed by atoms with van der Waals surface area (Å²) >= 11 is 0. The number of carbonyl (C=O) groups is 1. The third-order valence-electron chi connectivity index (χ3n) is 6.40. The van der Waals surface area contributed by atoms with E-state index in [-0.39, 0.29) is 29.6 Å². The predicted molar refractivity (Wildman–Crippen MR) is 143 cm³/mol. The van der Waals surface area contributed by atoms with E-state index in [9.17, 15) is 4.79 Å². The molecule has 6 nitrogen and oxygen atoms in total. The zero-order chi connectivity index (χ0) is 26.7. The van der Waals surface area contributed by atoms with E-state index in [0.29, 0.717) is 13.0 Å². The minimum Gasteiger partial charge on any atom is -0.496 e. The Hall–Kier alpha value is -1.67. The second kappa shape index (κ2) is 11.2. The fraction of sp³-hybridized carbons (Fsp3) is 0.679. The third-order valence-corrected chi connectivity index (χ3v) is 10.9. The first-order valence-corrected chi connectivity index (χ1v) is 15.4. The van der Waals surface area contributed by atoms with Crippen molar-refractivity contribution in [3.8, 4) is 5.75 Å². The molecule has 0 saturated carbocycles. The van der Waals surface area contributed by atoms with E-state index in [1.165, 1.54) is 0 Å². The van der Waals surface area contributed by atoms with Crippen molar-refractivity contribution >= 4 is 20.4 Å². The molecule has 1 aliphatic heterocycles. The Labute approximate surface area is 213 Å². The van der Waals surface area contributed by atoms with Crippen LogP contribution in [0.25, 0.3) is 6.08 Å². The van der Waals surface area contributed by atoms with E-state index in [4.69, 9.17) is 23.4 Å². The number of rotatable bonds is 8. The number of benzene rings is 1. The Balaban J connectivity index is 2.12. The highest BCUT2D eigenvalue weighted by Gasteiger charge is 2.38. The number of ether oxygens (including phenoxy) is 4. The summed E-state index contributed by atoms with van der Waals surface area (Å²) in [7, 11) is -0.200. The maximum atomic E-state index is 12.3. The second-order valence-corrected chi connectivity index (χ2v) is 17.1. The first-order chi connectivity index (χ1) is 15.9. The van der Waals surface area contributed by atoms with Crippen LogP contribution in [0.2, 0.25) is 18.1 Å². The molecule has 0 spiro atoms. The lowest BCUT2D eigenvalue weighted by molar-refractivity contribution is -0.290. The second-order valence-electron chi connectivity index (χ2n) is 12.3. The number of methoxy groups -OCH3 is 1. The standard InChI is InChI=1S/C28H46O6Si/c1-26(2,3)34-25(29)18-23-17-22(32-28(7,8)33-23)14-12-20-13-15-24(30-9)21(16-20)19-31-35(10,11)27(4,5)6/h12-16,22-23H,17-19H2,1-11H3/b14-12+/t22-,23-/m1/s1. The molecule has 1 aliphatic rings. The van der Waals surface area contributed by atoms with Crippen molar-refractivity contribution in [2.75, 3.05) is 7.11 Å². The van der Waals surface area contributed by atoms with Crippen molar-refractivity contribution in [3.63, 3.8) is 0 Å². The fourth-order valence-electron chi connectivity index (χ4n) is 3.67. The molecular weight excluding hydrogens is 460 g/mol. The van der Waals surface area contributed by atoms with Crippen molar-refractivity contribution in [2.24, 2.45) is 0 Å². The monoisotopic (exact) mass is 506 g/mol. The van der Waals surface area contributed by atoms with E-state index >= 15 is 0 Å². The van der Waals surface area contributed by atoms with Crippen LogP contribution in [0.5, 0.6) is 5.75 Å². The average Bonchev–Trinajstić information content (AvgIpc) is 2.67. The zero-order valence-electron chi connectivity index (χ0n) is 23.6. The van der Waals surface area contributed by atoms with Gasteiger partial charge in [0.2, 0.25) is 0 Å². The smallest absolute Gasteiger partial charge is 0.308 e. The number of esters is 1. The highest BCUT2D eigenvalue weighted by molar-refractivity contribution is 6.74. The average molecular weight is 507 g/mol. The minimum absolute atomic E-state index is 0.140. The van der Waals surface area contributed by atoms with Crippen LogP contribution in [-0.2, 0) is 30.0 Å². The maximum Gasteiger partial charge on any atom is 0.308 e. The van der Waals surface area contributed by atoms with Crippen molar-refractivity contribution in [1.82, 2.24) is 0 Å². The van der Waals surface area contributed by atoms with E-state index in [1.807, 2.05) is 58.9 Å². The van der Waals surface area contributed by atoms with Gasteiger partial charge in [0.1, 0.15) is 11.4 Å². The van der Waals surface area contributed by atoms with Crippen molar-refractivity contribution < 1.29 is 28.2 Å². The summed E-state index contributed by atoms with van der Waals surface area (Å²) in [5, 5.41) is 0.140. The lowest BCUT2D eigenvalue weighted by Gasteiger charge is -2.39. The van der Waals surface area contributed by atoms with Crippen LogP contribution in [0.3, 0.4) is 0 Å². The van der Waals surface area contributed by atoms with E-state index in [0.717, 1.165) is 16.9 Å². The van der Waals surface area contributed by atoms with E-state index < -0.39 is 19.7 Å². The Kier molecular flexibility index (Phi) is 9.42. The Morgan fingerprint density at radius 1 is 1.14 bits per heavy atom. The van der Waals surface area contributed by atoms with Crippen LogP contribution in [0.4, 0.5) is 0 Å². The van der Waals surface area contributed by atoms with Crippen LogP contribution in [0.1, 0.15) is 79.4 Å². The molecule has 0 aliphatic carbocycles. The molecule has 1 aromatic carbocycles. The quantitative estimate of drug-likeness (QED) is 0.283. The van der Waals surface area contributed by atoms with Crippen LogP contribution in [0.15, 0.2) is 24.3 Å². The first kappa shape index (κ1) is 29.6. The van der Waals surface area contributed by atoms with Gasteiger partial charge in [0.05, 0.1) is 32.3 Å². The van der Waals surface area contributed by atoms with Gasteiger partial charge in [-0.3, -0.25) is 4.79 Å². The Morgan fingerprint density at radius 3 is 2.37 bits per heavy atom. The van der Waals surface area contributed by atoms with Crippen molar-refractivity contribution in [2.45, 2.75) is 117 Å². The van der Waals surface area contributed by atoms with Crippen LogP contribution in [0, 0.1) is 0 Å². The highest BCUT2D eigenvalue weighted by Crippen LogP contribution is 2.38. The summed E-state index contributed by atoms with van der Waals surface area (Å²) in [6.07, 6.45) is 4.41. The lowest BCUT2D eigenvalue weighted by atomic mass is 10.0. The van der Waals surface area contributed by atoms with E-state index in [1.54, 1.807) is 7.11 Å². The zero-order valence-corrected chi connectivity index (χ0v) is 24.6. The van der Waals surface area contributed by atoms with Crippen molar-refractivity contribution in [1.29, 1.82) is 0 Å². The van der Waals surface area contributed by atoms with Crippen LogP contribution in [-0.4, -0.2) is 45.0 Å². The first-order valence-electron chi connectivity index (χ1n) is 12.5. The van der Waals surface area contributed by atoms with Gasteiger partial charge in [-0.2, -0.15) is 0 Å². The number of hydrogen-bond acceptors (Lipinski definition) is 6. The molecule has 1 aromatic rings. The van der Waals surface area contributed by atoms with Gasteiger partial charge >= 0.3 is 5.97 Å². The molecule has 0 radical (unpaired) electrons. The topological polar surface area (TPSA) is 63.2 Å². The predicted octanol–water partition coefficient (Wildman–Crippen LogP) is 6.87. The summed E-state index contributed by atoms with van der Waals surface area (Å²) in [5.74, 6) is -0.228. The molecule has 0 unspecified atom stereocenters. The third kappa shape index (κ3) is 9.37. The fourth-order valence-corrected chi connectivity index (χ4v) is 4.62. The van der Waals surface area contributed by atoms with Gasteiger partial charge in [-0.25, -0.2) is 0 Å². The summed E-state index contributed by atoms with van der Waals surface area (Å²) in [6.45, 7) is 21.1. The lowest BCUT2D eigenvalue weighted by Crippen LogP contribution is -2.45. The number of hydrogen-bond donors (Lipinski definition) is 0. The van der Waals surface area contributed by atoms with Gasteiger partial charge in [0.25, 0.3) is 0 Å². The molecular formula is C28H46O6Si. The van der Waals surface area contributed by atoms with Crippen molar-refractivity contribution in [3.05, 3.63) is 35.4 Å².